The first-order valence-electron chi connectivity index (χ1n) is 8.67. The van der Waals surface area contributed by atoms with Gasteiger partial charge in [-0.2, -0.15) is 0 Å². The number of rotatable bonds is 7. The number of benzene rings is 2. The summed E-state index contributed by atoms with van der Waals surface area (Å²) < 4.78 is 7.24. The van der Waals surface area contributed by atoms with Crippen LogP contribution in [0.3, 0.4) is 0 Å². The predicted molar refractivity (Wildman–Crippen MR) is 108 cm³/mol. The van der Waals surface area contributed by atoms with E-state index in [4.69, 9.17) is 4.74 Å². The molecule has 140 valence electrons. The zero-order valence-corrected chi connectivity index (χ0v) is 16.5. The highest BCUT2D eigenvalue weighted by atomic mass is 32.2. The van der Waals surface area contributed by atoms with Crippen LogP contribution in [-0.4, -0.2) is 28.3 Å². The number of aromatic nitrogens is 2. The van der Waals surface area contributed by atoms with Gasteiger partial charge in [0.05, 0.1) is 12.9 Å². The minimum Gasteiger partial charge on any atom is -0.497 e. The highest BCUT2D eigenvalue weighted by Crippen LogP contribution is 2.25. The van der Waals surface area contributed by atoms with Crippen molar-refractivity contribution in [2.45, 2.75) is 17.9 Å². The molecule has 1 aromatic heterocycles. The fraction of sp³-hybridized carbons (Fsp3) is 0.238. The van der Waals surface area contributed by atoms with Crippen LogP contribution in [0.5, 0.6) is 5.75 Å². The number of ether oxygens (including phenoxy) is 1. The Bertz CT molecular complexity index is 906. The van der Waals surface area contributed by atoms with Crippen LogP contribution in [0.4, 0.5) is 0 Å². The van der Waals surface area contributed by atoms with Crippen LogP contribution in [0.2, 0.25) is 0 Å². The molecule has 0 aliphatic carbocycles. The zero-order valence-electron chi connectivity index (χ0n) is 15.7. The summed E-state index contributed by atoms with van der Waals surface area (Å²) in [5.74, 6) is 1.82. The van der Waals surface area contributed by atoms with E-state index >= 15 is 0 Å². The third-order valence-electron chi connectivity index (χ3n) is 4.24. The van der Waals surface area contributed by atoms with Crippen LogP contribution < -0.4 is 10.1 Å². The van der Waals surface area contributed by atoms with Gasteiger partial charge in [-0.1, -0.05) is 29.8 Å². The smallest absolute Gasteiger partial charge is 0.231 e. The van der Waals surface area contributed by atoms with E-state index in [-0.39, 0.29) is 11.9 Å². The number of nitrogens with one attached hydrogen (secondary N) is 1. The van der Waals surface area contributed by atoms with Crippen molar-refractivity contribution in [2.24, 2.45) is 7.05 Å². The van der Waals surface area contributed by atoms with Gasteiger partial charge >= 0.3 is 0 Å². The Hall–Kier alpha value is -2.73. The molecule has 1 N–H and O–H groups in total. The Morgan fingerprint density at radius 1 is 1.26 bits per heavy atom. The van der Waals surface area contributed by atoms with Crippen LogP contribution in [0.25, 0.3) is 0 Å². The van der Waals surface area contributed by atoms with E-state index in [0.29, 0.717) is 5.75 Å². The molecule has 5 nitrogen and oxygen atoms in total. The summed E-state index contributed by atoms with van der Waals surface area (Å²) in [6, 6.07) is 15.5. The summed E-state index contributed by atoms with van der Waals surface area (Å²) in [5, 5.41) is 3.11. The lowest BCUT2D eigenvalue weighted by Gasteiger charge is -2.19. The Kier molecular flexibility index (Phi) is 6.19. The lowest BCUT2D eigenvalue weighted by molar-refractivity contribution is -0.119. The summed E-state index contributed by atoms with van der Waals surface area (Å²) >= 11 is 1.52. The largest absolute Gasteiger partial charge is 0.497 e. The molecule has 1 unspecified atom stereocenters. The molecule has 3 aromatic rings. The highest BCUT2D eigenvalue weighted by Gasteiger charge is 2.21. The van der Waals surface area contributed by atoms with E-state index in [0.717, 1.165) is 22.0 Å². The molecule has 3 rings (SSSR count). The van der Waals surface area contributed by atoms with Gasteiger partial charge in [0.15, 0.2) is 0 Å². The monoisotopic (exact) mass is 381 g/mol. The molecule has 0 saturated heterocycles. The molecule has 0 aliphatic heterocycles. The first-order valence-corrected chi connectivity index (χ1v) is 9.65. The van der Waals surface area contributed by atoms with Gasteiger partial charge < -0.3 is 14.6 Å². The quantitative estimate of drug-likeness (QED) is 0.634. The van der Waals surface area contributed by atoms with Crippen molar-refractivity contribution >= 4 is 17.7 Å². The van der Waals surface area contributed by atoms with Crippen molar-refractivity contribution in [1.82, 2.24) is 14.9 Å². The lowest BCUT2D eigenvalue weighted by Crippen LogP contribution is -2.32. The van der Waals surface area contributed by atoms with Gasteiger partial charge in [-0.25, -0.2) is 4.98 Å². The average Bonchev–Trinajstić information content (AvgIpc) is 3.11. The third-order valence-corrected chi connectivity index (χ3v) is 5.25. The number of nitrogens with zero attached hydrogens (tertiary/aromatic N) is 2. The Labute approximate surface area is 163 Å². The standard InChI is InChI=1S/C21H23N3O2S/c1-15-7-9-18(10-8-15)27-14-19(25)23-20(21-22-11-12-24(21)2)16-5-4-6-17(13-16)26-3/h4-13,20H,14H2,1-3H3,(H,23,25). The van der Waals surface area contributed by atoms with E-state index in [9.17, 15) is 4.79 Å². The number of thioether (sulfide) groups is 1. The van der Waals surface area contributed by atoms with E-state index in [1.54, 1.807) is 13.3 Å². The summed E-state index contributed by atoms with van der Waals surface area (Å²) in [6.07, 6.45) is 3.60. The minimum absolute atomic E-state index is 0.0450. The molecule has 0 saturated carbocycles. The molecular formula is C21H23N3O2S. The van der Waals surface area contributed by atoms with Crippen LogP contribution >= 0.6 is 11.8 Å². The number of hydrogen-bond donors (Lipinski definition) is 1. The molecule has 2 aromatic carbocycles. The second kappa shape index (κ2) is 8.77. The normalized spacial score (nSPS) is 11.8. The van der Waals surface area contributed by atoms with Gasteiger partial charge in [-0.15, -0.1) is 11.8 Å². The molecule has 0 bridgehead atoms. The topological polar surface area (TPSA) is 56.1 Å². The summed E-state index contributed by atoms with van der Waals surface area (Å²) in [7, 11) is 3.55. The second-order valence-electron chi connectivity index (χ2n) is 6.28. The van der Waals surface area contributed by atoms with Crippen molar-refractivity contribution in [3.05, 3.63) is 77.9 Å². The van der Waals surface area contributed by atoms with Crippen LogP contribution in [0, 0.1) is 6.92 Å². The average molecular weight is 382 g/mol. The lowest BCUT2D eigenvalue weighted by atomic mass is 10.1. The molecule has 0 aliphatic rings. The van der Waals surface area contributed by atoms with E-state index in [2.05, 4.69) is 10.3 Å². The second-order valence-corrected chi connectivity index (χ2v) is 7.32. The summed E-state index contributed by atoms with van der Waals surface area (Å²) in [5.41, 5.74) is 2.13. The van der Waals surface area contributed by atoms with Crippen molar-refractivity contribution in [3.8, 4) is 5.75 Å². The number of carbonyl (C=O) groups excluding carboxylic acids is 1. The van der Waals surface area contributed by atoms with E-state index < -0.39 is 0 Å². The van der Waals surface area contributed by atoms with Crippen LogP contribution in [0.15, 0.2) is 65.8 Å². The molecule has 0 spiro atoms. The SMILES string of the molecule is COc1cccc(C(NC(=O)CSc2ccc(C)cc2)c2nccn2C)c1. The number of methoxy groups -OCH3 is 1. The Balaban J connectivity index is 1.75. The molecule has 1 amide bonds. The van der Waals surface area contributed by atoms with Crippen molar-refractivity contribution in [3.63, 3.8) is 0 Å². The maximum Gasteiger partial charge on any atom is 0.231 e. The third kappa shape index (κ3) is 4.92. The predicted octanol–water partition coefficient (Wildman–Crippen LogP) is 3.74. The molecule has 1 heterocycles. The minimum atomic E-state index is -0.341. The van der Waals surface area contributed by atoms with Crippen molar-refractivity contribution < 1.29 is 9.53 Å². The Morgan fingerprint density at radius 2 is 2.04 bits per heavy atom. The molecular weight excluding hydrogens is 358 g/mol. The number of imidazole rings is 1. The molecule has 1 atom stereocenters. The molecule has 6 heteroatoms. The van der Waals surface area contributed by atoms with Crippen LogP contribution in [-0.2, 0) is 11.8 Å². The number of aryl methyl sites for hydroxylation is 2. The van der Waals surface area contributed by atoms with E-state index in [1.165, 1.54) is 17.3 Å². The van der Waals surface area contributed by atoms with Crippen molar-refractivity contribution in [2.75, 3.05) is 12.9 Å². The van der Waals surface area contributed by atoms with Gasteiger partial charge in [-0.3, -0.25) is 4.79 Å². The Morgan fingerprint density at radius 3 is 2.70 bits per heavy atom. The zero-order chi connectivity index (χ0) is 19.2. The first kappa shape index (κ1) is 19.0. The van der Waals surface area contributed by atoms with Crippen LogP contribution in [0.1, 0.15) is 23.0 Å². The number of carbonyl (C=O) groups is 1. The summed E-state index contributed by atoms with van der Waals surface area (Å²) in [6.45, 7) is 2.05. The van der Waals surface area contributed by atoms with Crippen molar-refractivity contribution in [1.29, 1.82) is 0 Å². The fourth-order valence-corrected chi connectivity index (χ4v) is 3.47. The molecule has 0 radical (unpaired) electrons. The highest BCUT2D eigenvalue weighted by molar-refractivity contribution is 8.00. The first-order chi connectivity index (χ1) is 13.1. The van der Waals surface area contributed by atoms with Gasteiger partial charge in [0.25, 0.3) is 0 Å². The summed E-state index contributed by atoms with van der Waals surface area (Å²) in [4.78, 5) is 18.1. The van der Waals surface area contributed by atoms with E-state index in [1.807, 2.05) is 73.3 Å². The maximum atomic E-state index is 12.6. The van der Waals surface area contributed by atoms with Gasteiger partial charge in [-0.05, 0) is 36.8 Å². The number of hydrogen-bond acceptors (Lipinski definition) is 4. The molecule has 0 fully saturated rings. The van der Waals surface area contributed by atoms with Gasteiger partial charge in [0.2, 0.25) is 5.91 Å². The fourth-order valence-electron chi connectivity index (χ4n) is 2.76. The van der Waals surface area contributed by atoms with Gasteiger partial charge in [0, 0.05) is 24.3 Å². The van der Waals surface area contributed by atoms with Gasteiger partial charge in [0.1, 0.15) is 17.6 Å². The molecule has 27 heavy (non-hydrogen) atoms. The number of amides is 1. The maximum absolute atomic E-state index is 12.6.